The first kappa shape index (κ1) is 18.8. The lowest BCUT2D eigenvalue weighted by molar-refractivity contribution is 0.313. The summed E-state index contributed by atoms with van der Waals surface area (Å²) in [5, 5.41) is 3.40. The highest BCUT2D eigenvalue weighted by molar-refractivity contribution is 5.88. The van der Waals surface area contributed by atoms with Gasteiger partial charge in [-0.25, -0.2) is 9.97 Å². The molecule has 0 spiro atoms. The fourth-order valence-corrected chi connectivity index (χ4v) is 4.24. The minimum atomic E-state index is 0.645. The molecule has 3 aromatic rings. The number of anilines is 3. The second-order valence-electron chi connectivity index (χ2n) is 8.23. The van der Waals surface area contributed by atoms with Crippen molar-refractivity contribution in [1.82, 2.24) is 14.9 Å². The second-order valence-corrected chi connectivity index (χ2v) is 8.23. The SMILES string of the molecule is Cc1ccccc1C1=Cc2nc(Nc3cccc(N4CCN(C)CC4)c3)ncc2C1. The van der Waals surface area contributed by atoms with Gasteiger partial charge in [-0.3, -0.25) is 0 Å². The maximum Gasteiger partial charge on any atom is 0.227 e. The molecule has 2 aromatic carbocycles. The van der Waals surface area contributed by atoms with E-state index < -0.39 is 0 Å². The number of benzene rings is 2. The molecule has 30 heavy (non-hydrogen) atoms. The van der Waals surface area contributed by atoms with Crippen LogP contribution in [0, 0.1) is 6.92 Å². The molecule has 0 radical (unpaired) electrons. The van der Waals surface area contributed by atoms with Crippen molar-refractivity contribution in [3.8, 4) is 0 Å². The largest absolute Gasteiger partial charge is 0.369 e. The van der Waals surface area contributed by atoms with Crippen molar-refractivity contribution in [3.63, 3.8) is 0 Å². The number of likely N-dealkylation sites (N-methyl/N-ethyl adjacent to an activating group) is 1. The van der Waals surface area contributed by atoms with Gasteiger partial charge in [-0.15, -0.1) is 0 Å². The second kappa shape index (κ2) is 7.92. The van der Waals surface area contributed by atoms with Crippen molar-refractivity contribution in [3.05, 3.63) is 77.1 Å². The van der Waals surface area contributed by atoms with E-state index in [1.807, 2.05) is 6.20 Å². The highest BCUT2D eigenvalue weighted by Crippen LogP contribution is 2.32. The molecule has 0 saturated carbocycles. The number of piperazine rings is 1. The van der Waals surface area contributed by atoms with E-state index in [0.717, 1.165) is 44.0 Å². The summed E-state index contributed by atoms with van der Waals surface area (Å²) in [5.41, 5.74) is 8.37. The van der Waals surface area contributed by atoms with Crippen LogP contribution < -0.4 is 10.2 Å². The molecule has 0 amide bonds. The fourth-order valence-electron chi connectivity index (χ4n) is 4.24. The van der Waals surface area contributed by atoms with Crippen LogP contribution in [0.1, 0.15) is 22.4 Å². The molecular formula is C25H27N5. The number of aryl methyl sites for hydroxylation is 1. The average Bonchev–Trinajstić information content (AvgIpc) is 3.18. The van der Waals surface area contributed by atoms with Crippen molar-refractivity contribution in [2.24, 2.45) is 0 Å². The molecular weight excluding hydrogens is 370 g/mol. The number of hydrogen-bond donors (Lipinski definition) is 1. The minimum absolute atomic E-state index is 0.645. The summed E-state index contributed by atoms with van der Waals surface area (Å²) in [4.78, 5) is 14.2. The molecule has 0 unspecified atom stereocenters. The third-order valence-corrected chi connectivity index (χ3v) is 6.05. The van der Waals surface area contributed by atoms with Crippen LogP contribution in [0.2, 0.25) is 0 Å². The van der Waals surface area contributed by atoms with Crippen LogP contribution in [0.25, 0.3) is 11.6 Å². The first-order chi connectivity index (χ1) is 14.7. The van der Waals surface area contributed by atoms with Crippen molar-refractivity contribution < 1.29 is 0 Å². The quantitative estimate of drug-likeness (QED) is 0.708. The summed E-state index contributed by atoms with van der Waals surface area (Å²) in [6, 6.07) is 17.1. The van der Waals surface area contributed by atoms with Crippen LogP contribution in [-0.2, 0) is 6.42 Å². The van der Waals surface area contributed by atoms with Crippen molar-refractivity contribution >= 4 is 29.0 Å². The van der Waals surface area contributed by atoms with Crippen LogP contribution in [0.4, 0.5) is 17.3 Å². The summed E-state index contributed by atoms with van der Waals surface area (Å²) < 4.78 is 0. The van der Waals surface area contributed by atoms with Gasteiger partial charge in [0.05, 0.1) is 5.69 Å². The molecule has 1 fully saturated rings. The highest BCUT2D eigenvalue weighted by Gasteiger charge is 2.18. The molecule has 2 aliphatic rings. The first-order valence-electron chi connectivity index (χ1n) is 10.6. The van der Waals surface area contributed by atoms with Crippen LogP contribution in [0.15, 0.2) is 54.7 Å². The summed E-state index contributed by atoms with van der Waals surface area (Å²) >= 11 is 0. The summed E-state index contributed by atoms with van der Waals surface area (Å²) in [6.07, 6.45) is 5.04. The fraction of sp³-hybridized carbons (Fsp3) is 0.280. The molecule has 0 atom stereocenters. The minimum Gasteiger partial charge on any atom is -0.369 e. The summed E-state index contributed by atoms with van der Waals surface area (Å²) in [6.45, 7) is 6.47. The maximum absolute atomic E-state index is 4.79. The van der Waals surface area contributed by atoms with Crippen LogP contribution >= 0.6 is 0 Å². The van der Waals surface area contributed by atoms with Crippen molar-refractivity contribution in [2.75, 3.05) is 43.4 Å². The molecule has 1 saturated heterocycles. The van der Waals surface area contributed by atoms with E-state index in [9.17, 15) is 0 Å². The van der Waals surface area contributed by atoms with Gasteiger partial charge < -0.3 is 15.1 Å². The average molecular weight is 398 g/mol. The molecule has 1 aliphatic carbocycles. The van der Waals surface area contributed by atoms with E-state index in [4.69, 9.17) is 4.98 Å². The monoisotopic (exact) mass is 397 g/mol. The lowest BCUT2D eigenvalue weighted by atomic mass is 9.99. The molecule has 5 rings (SSSR count). The number of rotatable bonds is 4. The Hall–Kier alpha value is -3.18. The topological polar surface area (TPSA) is 44.3 Å². The van der Waals surface area contributed by atoms with Gasteiger partial charge in [-0.1, -0.05) is 30.3 Å². The van der Waals surface area contributed by atoms with Crippen molar-refractivity contribution in [2.45, 2.75) is 13.3 Å². The Morgan fingerprint density at radius 2 is 1.80 bits per heavy atom. The predicted octanol–water partition coefficient (Wildman–Crippen LogP) is 4.38. The number of hydrogen-bond acceptors (Lipinski definition) is 5. The molecule has 5 heteroatoms. The molecule has 2 heterocycles. The van der Waals surface area contributed by atoms with Crippen LogP contribution in [0.3, 0.4) is 0 Å². The Morgan fingerprint density at radius 3 is 2.63 bits per heavy atom. The van der Waals surface area contributed by atoms with E-state index >= 15 is 0 Å². The van der Waals surface area contributed by atoms with Gasteiger partial charge in [0.1, 0.15) is 0 Å². The van der Waals surface area contributed by atoms with E-state index in [2.05, 4.69) is 88.7 Å². The van der Waals surface area contributed by atoms with Gasteiger partial charge in [0.15, 0.2) is 0 Å². The van der Waals surface area contributed by atoms with Gasteiger partial charge >= 0.3 is 0 Å². The van der Waals surface area contributed by atoms with E-state index in [1.54, 1.807) is 0 Å². The Bertz CT molecular complexity index is 1100. The summed E-state index contributed by atoms with van der Waals surface area (Å²) in [5.74, 6) is 0.645. The van der Waals surface area contributed by atoms with Gasteiger partial charge in [-0.2, -0.15) is 0 Å². The number of nitrogens with zero attached hydrogens (tertiary/aromatic N) is 4. The zero-order valence-electron chi connectivity index (χ0n) is 17.6. The first-order valence-corrected chi connectivity index (χ1v) is 10.6. The van der Waals surface area contributed by atoms with Crippen LogP contribution in [0.5, 0.6) is 0 Å². The number of allylic oxidation sites excluding steroid dienone is 1. The lowest BCUT2D eigenvalue weighted by Gasteiger charge is -2.34. The van der Waals surface area contributed by atoms with Gasteiger partial charge in [0, 0.05) is 55.7 Å². The maximum atomic E-state index is 4.79. The van der Waals surface area contributed by atoms with Crippen molar-refractivity contribution in [1.29, 1.82) is 0 Å². The summed E-state index contributed by atoms with van der Waals surface area (Å²) in [7, 11) is 2.18. The Balaban J connectivity index is 1.35. The molecule has 0 bridgehead atoms. The predicted molar refractivity (Wildman–Crippen MR) is 124 cm³/mol. The van der Waals surface area contributed by atoms with Gasteiger partial charge in [0.2, 0.25) is 5.95 Å². The van der Waals surface area contributed by atoms with Crippen LogP contribution in [-0.4, -0.2) is 48.1 Å². The molecule has 1 aliphatic heterocycles. The molecule has 1 aromatic heterocycles. The van der Waals surface area contributed by atoms with E-state index in [-0.39, 0.29) is 0 Å². The standard InChI is InChI=1S/C25H27N5/c1-18-6-3-4-9-23(18)19-14-20-17-26-25(28-24(20)15-19)27-21-7-5-8-22(16-21)30-12-10-29(2)11-13-30/h3-9,15-17H,10-14H2,1-2H3,(H,26,27,28). The Kier molecular flexibility index (Phi) is 4.97. The van der Waals surface area contributed by atoms with E-state index in [1.165, 1.54) is 28.0 Å². The number of aromatic nitrogens is 2. The Morgan fingerprint density at radius 1 is 0.967 bits per heavy atom. The zero-order chi connectivity index (χ0) is 20.5. The Labute approximate surface area is 178 Å². The zero-order valence-corrected chi connectivity index (χ0v) is 17.6. The molecule has 5 nitrogen and oxygen atoms in total. The lowest BCUT2D eigenvalue weighted by Crippen LogP contribution is -2.44. The number of nitrogens with one attached hydrogen (secondary N) is 1. The highest BCUT2D eigenvalue weighted by atomic mass is 15.2. The third-order valence-electron chi connectivity index (χ3n) is 6.05. The third kappa shape index (κ3) is 3.81. The van der Waals surface area contributed by atoms with Gasteiger partial charge in [-0.05, 0) is 54.9 Å². The molecule has 152 valence electrons. The molecule has 1 N–H and O–H groups in total. The number of fused-ring (bicyclic) bond motifs is 1. The normalized spacial score (nSPS) is 16.3. The smallest absolute Gasteiger partial charge is 0.227 e. The van der Waals surface area contributed by atoms with Gasteiger partial charge in [0.25, 0.3) is 0 Å². The van der Waals surface area contributed by atoms with E-state index in [0.29, 0.717) is 5.95 Å².